The summed E-state index contributed by atoms with van der Waals surface area (Å²) in [6, 6.07) is 11.0. The quantitative estimate of drug-likeness (QED) is 0.728. The van der Waals surface area contributed by atoms with Crippen LogP contribution in [-0.2, 0) is 4.79 Å². The summed E-state index contributed by atoms with van der Waals surface area (Å²) in [7, 11) is 0. The number of H-pyrrole nitrogens is 1. The van der Waals surface area contributed by atoms with E-state index in [4.69, 9.17) is 17.3 Å². The lowest BCUT2D eigenvalue weighted by Crippen LogP contribution is -2.12. The molecule has 4 nitrogen and oxygen atoms in total. The van der Waals surface area contributed by atoms with Crippen LogP contribution in [-0.4, -0.2) is 15.9 Å². The van der Waals surface area contributed by atoms with E-state index in [1.165, 1.54) is 0 Å². The molecular formula is C16H12ClN3O. The molecule has 0 bridgehead atoms. The molecule has 104 valence electrons. The summed E-state index contributed by atoms with van der Waals surface area (Å²) in [4.78, 5) is 19.0. The van der Waals surface area contributed by atoms with Crippen LogP contribution in [0.2, 0.25) is 5.02 Å². The van der Waals surface area contributed by atoms with Crippen LogP contribution >= 0.6 is 11.6 Å². The maximum absolute atomic E-state index is 11.7. The molecule has 2 aromatic heterocycles. The molecule has 0 aliphatic rings. The van der Waals surface area contributed by atoms with Crippen LogP contribution in [0.25, 0.3) is 22.7 Å². The first-order valence-corrected chi connectivity index (χ1v) is 6.73. The zero-order chi connectivity index (χ0) is 14.8. The van der Waals surface area contributed by atoms with E-state index < -0.39 is 5.91 Å². The Kier molecular flexibility index (Phi) is 3.46. The largest absolute Gasteiger partial charge is 0.366 e. The summed E-state index contributed by atoms with van der Waals surface area (Å²) in [5.41, 5.74) is 8.14. The summed E-state index contributed by atoms with van der Waals surface area (Å²) in [6.45, 7) is 0. The van der Waals surface area contributed by atoms with Gasteiger partial charge >= 0.3 is 0 Å². The average Bonchev–Trinajstić information content (AvgIpc) is 2.90. The van der Waals surface area contributed by atoms with E-state index in [9.17, 15) is 4.79 Å². The molecule has 1 aromatic carbocycles. The Morgan fingerprint density at radius 1 is 1.24 bits per heavy atom. The van der Waals surface area contributed by atoms with Crippen molar-refractivity contribution in [1.82, 2.24) is 9.97 Å². The highest BCUT2D eigenvalue weighted by atomic mass is 35.5. The van der Waals surface area contributed by atoms with Crippen molar-refractivity contribution in [2.75, 3.05) is 0 Å². The van der Waals surface area contributed by atoms with Gasteiger partial charge in [-0.3, -0.25) is 4.79 Å². The molecule has 0 spiro atoms. The number of hydrogen-bond donors (Lipinski definition) is 2. The first-order chi connectivity index (χ1) is 10.2. The van der Waals surface area contributed by atoms with Gasteiger partial charge in [0.2, 0.25) is 5.91 Å². The number of aromatic amines is 1. The lowest BCUT2D eigenvalue weighted by Gasteiger charge is -2.03. The van der Waals surface area contributed by atoms with Gasteiger partial charge in [-0.15, -0.1) is 0 Å². The van der Waals surface area contributed by atoms with Gasteiger partial charge in [-0.25, -0.2) is 4.98 Å². The number of nitrogens with zero attached hydrogens (tertiary/aromatic N) is 1. The van der Waals surface area contributed by atoms with Crippen molar-refractivity contribution in [2.45, 2.75) is 0 Å². The Hall–Kier alpha value is -2.59. The van der Waals surface area contributed by atoms with Gasteiger partial charge in [0.25, 0.3) is 0 Å². The van der Waals surface area contributed by atoms with E-state index >= 15 is 0 Å². The standard InChI is InChI=1S/C16H12ClN3O/c17-13-6-7-19-16-14(13)11(9-20-16)8-12(15(18)21)10-4-2-1-3-5-10/h1-9H,(H2,18,21)(H,19,20)/b12-8+. The van der Waals surface area contributed by atoms with Crippen molar-refractivity contribution >= 4 is 40.2 Å². The van der Waals surface area contributed by atoms with Gasteiger partial charge in [-0.1, -0.05) is 41.9 Å². The SMILES string of the molecule is NC(=O)/C(=C/c1c[nH]c2nccc(Cl)c12)c1ccccc1. The topological polar surface area (TPSA) is 71.8 Å². The molecule has 3 rings (SSSR count). The van der Waals surface area contributed by atoms with E-state index in [1.54, 1.807) is 24.5 Å². The predicted molar refractivity (Wildman–Crippen MR) is 84.6 cm³/mol. The summed E-state index contributed by atoms with van der Waals surface area (Å²) >= 11 is 6.21. The van der Waals surface area contributed by atoms with Crippen LogP contribution in [0.3, 0.4) is 0 Å². The van der Waals surface area contributed by atoms with E-state index in [1.807, 2.05) is 30.3 Å². The number of rotatable bonds is 3. The molecule has 0 aliphatic heterocycles. The van der Waals surface area contributed by atoms with Crippen molar-refractivity contribution in [3.63, 3.8) is 0 Å². The molecule has 5 heteroatoms. The second kappa shape index (κ2) is 5.42. The second-order valence-corrected chi connectivity index (χ2v) is 4.96. The lowest BCUT2D eigenvalue weighted by molar-refractivity contribution is -0.112. The molecule has 0 fully saturated rings. The molecule has 1 amide bonds. The summed E-state index contributed by atoms with van der Waals surface area (Å²) in [5, 5.41) is 1.35. The molecule has 2 heterocycles. The molecule has 3 aromatic rings. The second-order valence-electron chi connectivity index (χ2n) is 4.55. The fraction of sp³-hybridized carbons (Fsp3) is 0. The fourth-order valence-corrected chi connectivity index (χ4v) is 2.48. The number of nitrogens with two attached hydrogens (primary N) is 1. The molecule has 0 radical (unpaired) electrons. The number of carbonyl (C=O) groups is 1. The third kappa shape index (κ3) is 2.53. The molecular weight excluding hydrogens is 286 g/mol. The van der Waals surface area contributed by atoms with E-state index in [0.29, 0.717) is 16.2 Å². The van der Waals surface area contributed by atoms with Crippen LogP contribution in [0.15, 0.2) is 48.8 Å². The van der Waals surface area contributed by atoms with Crippen LogP contribution < -0.4 is 5.73 Å². The molecule has 0 aliphatic carbocycles. The minimum Gasteiger partial charge on any atom is -0.366 e. The Morgan fingerprint density at radius 2 is 2.00 bits per heavy atom. The number of amides is 1. The van der Waals surface area contributed by atoms with Gasteiger partial charge < -0.3 is 10.7 Å². The van der Waals surface area contributed by atoms with Crippen molar-refractivity contribution in [1.29, 1.82) is 0 Å². The highest BCUT2D eigenvalue weighted by molar-refractivity contribution is 6.36. The zero-order valence-corrected chi connectivity index (χ0v) is 11.8. The predicted octanol–water partition coefficient (Wildman–Crippen LogP) is 3.24. The van der Waals surface area contributed by atoms with Crippen LogP contribution in [0.5, 0.6) is 0 Å². The highest BCUT2D eigenvalue weighted by Gasteiger charge is 2.12. The third-order valence-electron chi connectivity index (χ3n) is 3.20. The number of halogens is 1. The summed E-state index contributed by atoms with van der Waals surface area (Å²) in [5.74, 6) is -0.490. The van der Waals surface area contributed by atoms with Crippen molar-refractivity contribution < 1.29 is 4.79 Å². The number of primary amides is 1. The first-order valence-electron chi connectivity index (χ1n) is 6.35. The van der Waals surface area contributed by atoms with E-state index in [0.717, 1.165) is 16.5 Å². The Balaban J connectivity index is 2.19. The van der Waals surface area contributed by atoms with Gasteiger partial charge in [0, 0.05) is 28.9 Å². The number of nitrogens with one attached hydrogen (secondary N) is 1. The zero-order valence-electron chi connectivity index (χ0n) is 11.0. The summed E-state index contributed by atoms with van der Waals surface area (Å²) in [6.07, 6.45) is 5.11. The first kappa shape index (κ1) is 13.4. The van der Waals surface area contributed by atoms with Gasteiger partial charge in [0.15, 0.2) is 0 Å². The molecule has 3 N–H and O–H groups in total. The third-order valence-corrected chi connectivity index (χ3v) is 3.52. The van der Waals surface area contributed by atoms with Crippen LogP contribution in [0, 0.1) is 0 Å². The fourth-order valence-electron chi connectivity index (χ4n) is 2.22. The number of aromatic nitrogens is 2. The lowest BCUT2D eigenvalue weighted by atomic mass is 10.0. The Labute approximate surface area is 126 Å². The van der Waals surface area contributed by atoms with Crippen molar-refractivity contribution in [3.05, 3.63) is 64.9 Å². The Bertz CT molecular complexity index is 837. The molecule has 0 atom stereocenters. The monoisotopic (exact) mass is 297 g/mol. The van der Waals surface area contributed by atoms with Crippen LogP contribution in [0.4, 0.5) is 0 Å². The van der Waals surface area contributed by atoms with Gasteiger partial charge in [-0.2, -0.15) is 0 Å². The maximum Gasteiger partial charge on any atom is 0.249 e. The number of fused-ring (bicyclic) bond motifs is 1. The number of carbonyl (C=O) groups excluding carboxylic acids is 1. The minimum atomic E-state index is -0.490. The number of benzene rings is 1. The smallest absolute Gasteiger partial charge is 0.249 e. The van der Waals surface area contributed by atoms with Crippen molar-refractivity contribution in [2.24, 2.45) is 5.73 Å². The minimum absolute atomic E-state index is 0.427. The van der Waals surface area contributed by atoms with E-state index in [-0.39, 0.29) is 0 Å². The van der Waals surface area contributed by atoms with Gasteiger partial charge in [-0.05, 0) is 17.7 Å². The van der Waals surface area contributed by atoms with Crippen molar-refractivity contribution in [3.8, 4) is 0 Å². The molecule has 0 saturated carbocycles. The number of hydrogen-bond acceptors (Lipinski definition) is 2. The highest BCUT2D eigenvalue weighted by Crippen LogP contribution is 2.28. The van der Waals surface area contributed by atoms with Gasteiger partial charge in [0.05, 0.1) is 5.02 Å². The number of pyridine rings is 1. The normalized spacial score (nSPS) is 11.8. The van der Waals surface area contributed by atoms with Crippen LogP contribution in [0.1, 0.15) is 11.1 Å². The van der Waals surface area contributed by atoms with E-state index in [2.05, 4.69) is 9.97 Å². The average molecular weight is 298 g/mol. The Morgan fingerprint density at radius 3 is 2.71 bits per heavy atom. The maximum atomic E-state index is 11.7. The molecule has 0 saturated heterocycles. The van der Waals surface area contributed by atoms with Gasteiger partial charge in [0.1, 0.15) is 5.65 Å². The molecule has 21 heavy (non-hydrogen) atoms. The summed E-state index contributed by atoms with van der Waals surface area (Å²) < 4.78 is 0. The molecule has 0 unspecified atom stereocenters.